The summed E-state index contributed by atoms with van der Waals surface area (Å²) >= 11 is 0. The molecule has 236 valence electrons. The van der Waals surface area contributed by atoms with Gasteiger partial charge in [-0.1, -0.05) is 72.8 Å². The number of ether oxygens (including phenoxy) is 1. The predicted molar refractivity (Wildman–Crippen MR) is 160 cm³/mol. The molecular weight excluding hydrogens is 628 g/mol. The van der Waals surface area contributed by atoms with Crippen molar-refractivity contribution in [2.24, 2.45) is 0 Å². The van der Waals surface area contributed by atoms with Gasteiger partial charge in [0.05, 0.1) is 11.1 Å². The fourth-order valence-corrected chi connectivity index (χ4v) is 5.27. The number of hydrogen-bond acceptors (Lipinski definition) is 7. The topological polar surface area (TPSA) is 103 Å². The number of carbonyl (C=O) groups excluding carboxylic acids is 2. The van der Waals surface area contributed by atoms with Crippen LogP contribution in [0.2, 0.25) is 0 Å². The molecule has 0 fully saturated rings. The summed E-state index contributed by atoms with van der Waals surface area (Å²) in [4.78, 5) is 32.1. The number of carbonyl (C=O) groups is 2. The minimum Gasteiger partial charge on any atom is -0.478 e. The average Bonchev–Trinajstić information content (AvgIpc) is 3.05. The summed E-state index contributed by atoms with van der Waals surface area (Å²) < 4.78 is 90.0. The van der Waals surface area contributed by atoms with Crippen molar-refractivity contribution < 1.29 is 44.5 Å². The van der Waals surface area contributed by atoms with Crippen molar-refractivity contribution in [3.8, 4) is 11.5 Å². The molecule has 0 saturated carbocycles. The van der Waals surface area contributed by atoms with Gasteiger partial charge in [-0.05, 0) is 41.0 Å². The highest BCUT2D eigenvalue weighted by Gasteiger charge is 2.49. The number of fused-ring (bicyclic) bond motifs is 1. The smallest absolute Gasteiger partial charge is 0.478 e. The Bertz CT molecular complexity index is 1950. The van der Waals surface area contributed by atoms with E-state index in [4.69, 9.17) is 4.74 Å². The molecule has 5 aromatic rings. The van der Waals surface area contributed by atoms with Crippen LogP contribution in [0.5, 0.6) is 11.5 Å². The highest BCUT2D eigenvalue weighted by molar-refractivity contribution is 7.88. The van der Waals surface area contributed by atoms with Crippen LogP contribution in [0.25, 0.3) is 10.9 Å². The number of aromatic nitrogens is 1. The number of rotatable bonds is 10. The van der Waals surface area contributed by atoms with Gasteiger partial charge in [0.1, 0.15) is 17.4 Å². The monoisotopic (exact) mass is 652 g/mol. The van der Waals surface area contributed by atoms with Crippen molar-refractivity contribution >= 4 is 33.2 Å². The van der Waals surface area contributed by atoms with Crippen LogP contribution in [0.4, 0.5) is 17.6 Å². The molecule has 1 aromatic heterocycles. The van der Waals surface area contributed by atoms with Crippen molar-refractivity contribution in [3.63, 3.8) is 0 Å². The predicted octanol–water partition coefficient (Wildman–Crippen LogP) is 6.86. The zero-order valence-electron chi connectivity index (χ0n) is 23.9. The second-order valence-corrected chi connectivity index (χ2v) is 11.6. The third kappa shape index (κ3) is 6.54. The molecule has 13 heteroatoms. The molecule has 0 N–H and O–H groups in total. The van der Waals surface area contributed by atoms with E-state index >= 15 is 0 Å². The van der Waals surface area contributed by atoms with Crippen LogP contribution in [-0.4, -0.2) is 43.1 Å². The Kier molecular flexibility index (Phi) is 9.05. The van der Waals surface area contributed by atoms with Gasteiger partial charge in [0, 0.05) is 25.2 Å². The first-order valence-corrected chi connectivity index (χ1v) is 15.0. The first-order valence-electron chi connectivity index (χ1n) is 13.6. The molecule has 4 aromatic carbocycles. The maximum Gasteiger partial charge on any atom is 0.534 e. The third-order valence-electron chi connectivity index (χ3n) is 6.94. The quantitative estimate of drug-likeness (QED) is 0.0704. The second-order valence-electron chi connectivity index (χ2n) is 10.1. The van der Waals surface area contributed by atoms with Crippen molar-refractivity contribution in [1.29, 1.82) is 0 Å². The lowest BCUT2D eigenvalue weighted by Crippen LogP contribution is -2.31. The maximum absolute atomic E-state index is 14.0. The number of benzene rings is 4. The molecule has 0 atom stereocenters. The molecule has 0 aliphatic heterocycles. The van der Waals surface area contributed by atoms with Gasteiger partial charge in [0.2, 0.25) is 0 Å². The van der Waals surface area contributed by atoms with Crippen LogP contribution in [0.1, 0.15) is 43.5 Å². The SMILES string of the molecule is CN(Cc1ccc(F)cc1)C(=O)c1c(C=O)c(OC(c2ccccc2)c2ccccc2)c2ncccc2c1OS(=O)(=O)C(F)(F)F. The van der Waals surface area contributed by atoms with Gasteiger partial charge < -0.3 is 13.8 Å². The number of halogens is 4. The lowest BCUT2D eigenvalue weighted by molar-refractivity contribution is -0.0499. The standard InChI is InChI=1S/C33H24F4N2O6S/c1-39(19-21-14-16-24(34)17-15-21)32(41)27-26(20-40)31(44-29(22-9-4-2-5-10-22)23-11-6-3-7-12-23)28-25(13-8-18-38-28)30(27)45-46(42,43)33(35,36)37/h2-18,20,29H,19H2,1H3. The van der Waals surface area contributed by atoms with E-state index in [1.165, 1.54) is 37.5 Å². The largest absolute Gasteiger partial charge is 0.534 e. The van der Waals surface area contributed by atoms with Crippen molar-refractivity contribution in [2.75, 3.05) is 7.05 Å². The Balaban J connectivity index is 1.77. The van der Waals surface area contributed by atoms with Crippen LogP contribution < -0.4 is 8.92 Å². The molecule has 1 amide bonds. The summed E-state index contributed by atoms with van der Waals surface area (Å²) in [6.45, 7) is -0.194. The Morgan fingerprint density at radius 1 is 0.891 bits per heavy atom. The first kappa shape index (κ1) is 32.1. The summed E-state index contributed by atoms with van der Waals surface area (Å²) in [5.41, 5.74) is -5.82. The van der Waals surface area contributed by atoms with E-state index in [-0.39, 0.29) is 29.5 Å². The Hall–Kier alpha value is -5.30. The maximum atomic E-state index is 14.0. The van der Waals surface area contributed by atoms with E-state index < -0.39 is 50.3 Å². The van der Waals surface area contributed by atoms with E-state index in [0.717, 1.165) is 17.0 Å². The van der Waals surface area contributed by atoms with Crippen molar-refractivity contribution in [2.45, 2.75) is 18.2 Å². The Morgan fingerprint density at radius 3 is 2.02 bits per heavy atom. The number of hydrogen-bond donors (Lipinski definition) is 0. The van der Waals surface area contributed by atoms with E-state index in [1.807, 2.05) is 0 Å². The fourth-order valence-electron chi connectivity index (χ4n) is 4.78. The minimum absolute atomic E-state index is 0.169. The number of nitrogens with zero attached hydrogens (tertiary/aromatic N) is 2. The highest BCUT2D eigenvalue weighted by atomic mass is 32.2. The minimum atomic E-state index is -6.33. The fraction of sp³-hybridized carbons (Fsp3) is 0.121. The normalized spacial score (nSPS) is 11.8. The summed E-state index contributed by atoms with van der Waals surface area (Å²) in [6.07, 6.45) is 0.521. The van der Waals surface area contributed by atoms with Gasteiger partial charge in [-0.2, -0.15) is 21.6 Å². The summed E-state index contributed by atoms with van der Waals surface area (Å²) in [7, 11) is -5.06. The number of amides is 1. The van der Waals surface area contributed by atoms with E-state index in [1.54, 1.807) is 60.7 Å². The molecule has 0 bridgehead atoms. The van der Waals surface area contributed by atoms with Crippen LogP contribution in [-0.2, 0) is 16.7 Å². The van der Waals surface area contributed by atoms with E-state index in [9.17, 15) is 35.6 Å². The van der Waals surface area contributed by atoms with Gasteiger partial charge in [-0.3, -0.25) is 14.6 Å². The molecule has 0 aliphatic carbocycles. The van der Waals surface area contributed by atoms with Gasteiger partial charge in [-0.15, -0.1) is 0 Å². The second kappa shape index (κ2) is 13.0. The van der Waals surface area contributed by atoms with Gasteiger partial charge in [0.25, 0.3) is 5.91 Å². The first-order chi connectivity index (χ1) is 21.9. The van der Waals surface area contributed by atoms with Crippen molar-refractivity contribution in [1.82, 2.24) is 9.88 Å². The molecule has 5 rings (SSSR count). The molecule has 0 saturated heterocycles. The lowest BCUT2D eigenvalue weighted by Gasteiger charge is -2.26. The molecule has 1 heterocycles. The number of pyridine rings is 1. The Morgan fingerprint density at radius 2 is 1.48 bits per heavy atom. The molecule has 0 unspecified atom stereocenters. The van der Waals surface area contributed by atoms with Crippen LogP contribution in [0.3, 0.4) is 0 Å². The van der Waals surface area contributed by atoms with E-state index in [0.29, 0.717) is 16.7 Å². The molecule has 46 heavy (non-hydrogen) atoms. The number of aldehydes is 1. The summed E-state index contributed by atoms with van der Waals surface area (Å²) in [5, 5.41) is -0.339. The van der Waals surface area contributed by atoms with Gasteiger partial charge in [0.15, 0.2) is 17.8 Å². The molecule has 0 aliphatic rings. The van der Waals surface area contributed by atoms with Crippen LogP contribution >= 0.6 is 0 Å². The third-order valence-corrected chi connectivity index (χ3v) is 7.89. The molecular formula is C33H24F4N2O6S. The molecule has 0 radical (unpaired) electrons. The summed E-state index contributed by atoms with van der Waals surface area (Å²) in [5.74, 6) is -2.96. The highest BCUT2D eigenvalue weighted by Crippen LogP contribution is 2.44. The number of alkyl halides is 3. The van der Waals surface area contributed by atoms with Crippen LogP contribution in [0, 0.1) is 5.82 Å². The Labute approximate surface area is 261 Å². The zero-order valence-corrected chi connectivity index (χ0v) is 24.8. The lowest BCUT2D eigenvalue weighted by atomic mass is 9.98. The van der Waals surface area contributed by atoms with E-state index in [2.05, 4.69) is 9.17 Å². The molecule has 8 nitrogen and oxygen atoms in total. The van der Waals surface area contributed by atoms with Crippen LogP contribution in [0.15, 0.2) is 103 Å². The molecule has 0 spiro atoms. The van der Waals surface area contributed by atoms with Gasteiger partial charge >= 0.3 is 15.6 Å². The van der Waals surface area contributed by atoms with Gasteiger partial charge in [-0.25, -0.2) is 4.39 Å². The van der Waals surface area contributed by atoms with Crippen molar-refractivity contribution in [3.05, 3.63) is 137 Å². The summed E-state index contributed by atoms with van der Waals surface area (Å²) in [6, 6.07) is 25.1. The average molecular weight is 653 g/mol. The zero-order chi connectivity index (χ0) is 33.1.